The molecule has 0 radical (unpaired) electrons. The zero-order valence-corrected chi connectivity index (χ0v) is 14.0. The topological polar surface area (TPSA) is 55.4 Å². The Hall–Kier alpha value is -2.88. The van der Waals surface area contributed by atoms with Gasteiger partial charge in [-0.3, -0.25) is 4.79 Å². The lowest BCUT2D eigenvalue weighted by Gasteiger charge is -2.15. The van der Waals surface area contributed by atoms with E-state index in [0.717, 1.165) is 34.4 Å². The number of carbonyl (C=O) groups excluding carboxylic acids is 2. The molecule has 1 aliphatic carbocycles. The van der Waals surface area contributed by atoms with Gasteiger partial charge in [0.25, 0.3) is 5.91 Å². The summed E-state index contributed by atoms with van der Waals surface area (Å²) < 4.78 is 5.49. The Kier molecular flexibility index (Phi) is 3.88. The van der Waals surface area contributed by atoms with Crippen LogP contribution >= 0.6 is 0 Å². The van der Waals surface area contributed by atoms with E-state index in [4.69, 9.17) is 4.74 Å². The van der Waals surface area contributed by atoms with Crippen LogP contribution in [0.15, 0.2) is 54.6 Å². The molecule has 4 rings (SSSR count). The van der Waals surface area contributed by atoms with E-state index in [2.05, 4.69) is 11.4 Å². The number of esters is 1. The fourth-order valence-corrected chi connectivity index (χ4v) is 3.05. The van der Waals surface area contributed by atoms with E-state index in [1.54, 1.807) is 6.92 Å². The quantitative estimate of drug-likeness (QED) is 0.583. The molecule has 126 valence electrons. The van der Waals surface area contributed by atoms with Gasteiger partial charge in [0.05, 0.1) is 5.56 Å². The van der Waals surface area contributed by atoms with E-state index in [9.17, 15) is 9.59 Å². The number of amides is 1. The van der Waals surface area contributed by atoms with E-state index in [1.807, 2.05) is 48.5 Å². The van der Waals surface area contributed by atoms with Crippen LogP contribution in [0.3, 0.4) is 0 Å². The van der Waals surface area contributed by atoms with Crippen molar-refractivity contribution in [2.75, 3.05) is 0 Å². The highest BCUT2D eigenvalue weighted by Crippen LogP contribution is 2.29. The van der Waals surface area contributed by atoms with Crippen molar-refractivity contribution in [2.45, 2.75) is 31.9 Å². The first-order chi connectivity index (χ1) is 12.1. The Balaban J connectivity index is 1.72. The van der Waals surface area contributed by atoms with Crippen molar-refractivity contribution in [3.63, 3.8) is 0 Å². The number of rotatable bonds is 4. The molecule has 1 N–H and O–H groups in total. The average molecular weight is 333 g/mol. The normalized spacial score (nSPS) is 15.1. The van der Waals surface area contributed by atoms with Gasteiger partial charge in [-0.05, 0) is 47.4 Å². The number of benzene rings is 3. The smallest absolute Gasteiger partial charge is 0.340 e. The van der Waals surface area contributed by atoms with Crippen LogP contribution in [0, 0.1) is 0 Å². The maximum Gasteiger partial charge on any atom is 0.340 e. The summed E-state index contributed by atoms with van der Waals surface area (Å²) in [6, 6.07) is 17.8. The summed E-state index contributed by atoms with van der Waals surface area (Å²) in [6.07, 6.45) is 1.19. The summed E-state index contributed by atoms with van der Waals surface area (Å²) in [7, 11) is 0. The largest absolute Gasteiger partial charge is 0.449 e. The molecule has 0 spiro atoms. The number of fused-ring (bicyclic) bond motifs is 2. The Morgan fingerprint density at radius 3 is 2.12 bits per heavy atom. The molecule has 4 heteroatoms. The second kappa shape index (κ2) is 6.20. The minimum atomic E-state index is -0.814. The SMILES string of the molecule is C[C@H](OC(=O)c1c2ccccc2cc2ccccc12)C(=O)NC1CC1. The number of carbonyl (C=O) groups is 2. The Morgan fingerprint density at radius 1 is 1.00 bits per heavy atom. The van der Waals surface area contributed by atoms with Gasteiger partial charge in [0.15, 0.2) is 6.10 Å². The molecule has 25 heavy (non-hydrogen) atoms. The van der Waals surface area contributed by atoms with E-state index in [1.165, 1.54) is 0 Å². The zero-order chi connectivity index (χ0) is 17.4. The van der Waals surface area contributed by atoms with Gasteiger partial charge in [-0.1, -0.05) is 48.5 Å². The van der Waals surface area contributed by atoms with Crippen LogP contribution in [0.1, 0.15) is 30.1 Å². The molecule has 0 heterocycles. The van der Waals surface area contributed by atoms with Gasteiger partial charge in [0.2, 0.25) is 0 Å². The van der Waals surface area contributed by atoms with E-state index < -0.39 is 12.1 Å². The molecule has 0 aromatic heterocycles. The van der Waals surface area contributed by atoms with Crippen molar-refractivity contribution in [3.8, 4) is 0 Å². The number of hydrogen-bond acceptors (Lipinski definition) is 3. The van der Waals surface area contributed by atoms with Gasteiger partial charge < -0.3 is 10.1 Å². The van der Waals surface area contributed by atoms with Gasteiger partial charge in [-0.25, -0.2) is 4.79 Å². The standard InChI is InChI=1S/C21H19NO3/c1-13(20(23)22-16-10-11-16)25-21(24)19-17-8-4-2-6-14(17)12-15-7-3-5-9-18(15)19/h2-9,12-13,16H,10-11H2,1H3,(H,22,23)/t13-/m0/s1. The van der Waals surface area contributed by atoms with E-state index in [-0.39, 0.29) is 11.9 Å². The summed E-state index contributed by atoms with van der Waals surface area (Å²) in [5.74, 6) is -0.702. The fraction of sp³-hybridized carbons (Fsp3) is 0.238. The summed E-state index contributed by atoms with van der Waals surface area (Å²) in [5.41, 5.74) is 0.514. The molecule has 1 fully saturated rings. The van der Waals surface area contributed by atoms with Gasteiger partial charge in [0.1, 0.15) is 0 Å². The Bertz CT molecular complexity index is 921. The van der Waals surface area contributed by atoms with Crippen LogP contribution in [-0.2, 0) is 9.53 Å². The van der Waals surface area contributed by atoms with Crippen LogP contribution in [0.5, 0.6) is 0 Å². The highest BCUT2D eigenvalue weighted by Gasteiger charge is 2.28. The van der Waals surface area contributed by atoms with Crippen molar-refractivity contribution >= 4 is 33.4 Å². The molecule has 1 aliphatic rings. The summed E-state index contributed by atoms with van der Waals surface area (Å²) in [4.78, 5) is 25.0. The summed E-state index contributed by atoms with van der Waals surface area (Å²) in [5, 5.41) is 6.49. The molecule has 0 bridgehead atoms. The van der Waals surface area contributed by atoms with Crippen LogP contribution in [0.2, 0.25) is 0 Å². The van der Waals surface area contributed by atoms with Crippen LogP contribution in [0.4, 0.5) is 0 Å². The molecule has 3 aromatic carbocycles. The predicted molar refractivity (Wildman–Crippen MR) is 97.5 cm³/mol. The molecule has 0 aliphatic heterocycles. The van der Waals surface area contributed by atoms with E-state index in [0.29, 0.717) is 5.56 Å². The first-order valence-corrected chi connectivity index (χ1v) is 8.55. The third-order valence-electron chi connectivity index (χ3n) is 4.55. The minimum Gasteiger partial charge on any atom is -0.449 e. The van der Waals surface area contributed by atoms with Crippen molar-refractivity contribution in [1.29, 1.82) is 0 Å². The molecular weight excluding hydrogens is 314 g/mol. The highest BCUT2D eigenvalue weighted by molar-refractivity contribution is 6.16. The maximum absolute atomic E-state index is 12.9. The molecule has 0 saturated heterocycles. The third kappa shape index (κ3) is 3.07. The predicted octanol–water partition coefficient (Wildman–Crippen LogP) is 3.82. The number of hydrogen-bond donors (Lipinski definition) is 1. The molecule has 1 saturated carbocycles. The highest BCUT2D eigenvalue weighted by atomic mass is 16.5. The third-order valence-corrected chi connectivity index (χ3v) is 4.55. The molecular formula is C21H19NO3. The first-order valence-electron chi connectivity index (χ1n) is 8.55. The van der Waals surface area contributed by atoms with Gasteiger partial charge in [-0.15, -0.1) is 0 Å². The summed E-state index contributed by atoms with van der Waals surface area (Å²) >= 11 is 0. The lowest BCUT2D eigenvalue weighted by atomic mass is 9.97. The van der Waals surface area contributed by atoms with Crippen molar-refractivity contribution in [3.05, 3.63) is 60.2 Å². The summed E-state index contributed by atoms with van der Waals surface area (Å²) in [6.45, 7) is 1.61. The average Bonchev–Trinajstić information content (AvgIpc) is 3.43. The van der Waals surface area contributed by atoms with Gasteiger partial charge in [0, 0.05) is 6.04 Å². The molecule has 1 atom stereocenters. The molecule has 1 amide bonds. The van der Waals surface area contributed by atoms with Gasteiger partial charge in [-0.2, -0.15) is 0 Å². The van der Waals surface area contributed by atoms with Crippen LogP contribution < -0.4 is 5.32 Å². The molecule has 0 unspecified atom stereocenters. The number of nitrogens with one attached hydrogen (secondary N) is 1. The Labute approximate surface area is 145 Å². The minimum absolute atomic E-state index is 0.236. The van der Waals surface area contributed by atoms with Crippen molar-refractivity contribution in [2.24, 2.45) is 0 Å². The second-order valence-corrected chi connectivity index (χ2v) is 6.52. The van der Waals surface area contributed by atoms with Crippen molar-refractivity contribution < 1.29 is 14.3 Å². The Morgan fingerprint density at radius 2 is 1.56 bits per heavy atom. The van der Waals surface area contributed by atoms with Crippen LogP contribution in [0.25, 0.3) is 21.5 Å². The first kappa shape index (κ1) is 15.6. The second-order valence-electron chi connectivity index (χ2n) is 6.52. The fourth-order valence-electron chi connectivity index (χ4n) is 3.05. The molecule has 4 nitrogen and oxygen atoms in total. The number of ether oxygens (including phenoxy) is 1. The van der Waals surface area contributed by atoms with Gasteiger partial charge >= 0.3 is 5.97 Å². The monoisotopic (exact) mass is 333 g/mol. The maximum atomic E-state index is 12.9. The van der Waals surface area contributed by atoms with E-state index >= 15 is 0 Å². The zero-order valence-electron chi connectivity index (χ0n) is 14.0. The van der Waals surface area contributed by atoms with Crippen molar-refractivity contribution in [1.82, 2.24) is 5.32 Å². The molecule has 3 aromatic rings. The lowest BCUT2D eigenvalue weighted by molar-refractivity contribution is -0.129. The van der Waals surface area contributed by atoms with Crippen LogP contribution in [-0.4, -0.2) is 24.0 Å². The lowest BCUT2D eigenvalue weighted by Crippen LogP contribution is -2.37.